The summed E-state index contributed by atoms with van der Waals surface area (Å²) in [5.74, 6) is 0.124. The minimum atomic E-state index is -0.0474. The molecule has 0 radical (unpaired) electrons. The van der Waals surface area contributed by atoms with Crippen molar-refractivity contribution in [3.05, 3.63) is 23.0 Å². The van der Waals surface area contributed by atoms with Gasteiger partial charge in [0.15, 0.2) is 0 Å². The topological polar surface area (TPSA) is 54.3 Å². The second-order valence-corrected chi connectivity index (χ2v) is 8.25. The molecular weight excluding hydrogens is 338 g/mol. The Morgan fingerprint density at radius 2 is 1.63 bits per heavy atom. The van der Waals surface area contributed by atoms with E-state index in [9.17, 15) is 9.59 Å². The Morgan fingerprint density at radius 1 is 1.00 bits per heavy atom. The zero-order chi connectivity index (χ0) is 19.2. The van der Waals surface area contributed by atoms with E-state index in [0.717, 1.165) is 37.2 Å². The van der Waals surface area contributed by atoms with Crippen molar-refractivity contribution in [2.45, 2.75) is 84.1 Å². The zero-order valence-electron chi connectivity index (χ0n) is 17.1. The molecule has 1 saturated carbocycles. The number of nitrogens with zero attached hydrogens (tertiary/aromatic N) is 2. The van der Waals surface area contributed by atoms with Gasteiger partial charge in [0.25, 0.3) is 5.91 Å². The number of hydrogen-bond acceptors (Lipinski definition) is 2. The quantitative estimate of drug-likeness (QED) is 0.843. The van der Waals surface area contributed by atoms with E-state index in [2.05, 4.69) is 23.7 Å². The standard InChI is InChI=1S/C22H35N3O2/c1-17-16-20(18(2)25(17)19-10-6-5-7-11-19)22(27)23-13-12-21(26)24-14-8-3-4-9-15-24/h16,19H,3-15H2,1-2H3,(H,23,27). The van der Waals surface area contributed by atoms with Gasteiger partial charge in [0, 0.05) is 43.5 Å². The van der Waals surface area contributed by atoms with Crippen LogP contribution in [0, 0.1) is 13.8 Å². The highest BCUT2D eigenvalue weighted by Crippen LogP contribution is 2.32. The molecule has 27 heavy (non-hydrogen) atoms. The zero-order valence-corrected chi connectivity index (χ0v) is 17.1. The lowest BCUT2D eigenvalue weighted by Crippen LogP contribution is -2.35. The maximum absolute atomic E-state index is 12.7. The van der Waals surface area contributed by atoms with Gasteiger partial charge in [0.05, 0.1) is 5.56 Å². The van der Waals surface area contributed by atoms with Crippen molar-refractivity contribution in [2.24, 2.45) is 0 Å². The molecule has 1 aliphatic carbocycles. The summed E-state index contributed by atoms with van der Waals surface area (Å²) < 4.78 is 2.36. The molecule has 0 unspecified atom stereocenters. The Morgan fingerprint density at radius 3 is 2.30 bits per heavy atom. The highest BCUT2D eigenvalue weighted by molar-refractivity contribution is 5.96. The molecule has 0 spiro atoms. The third kappa shape index (κ3) is 4.94. The number of carbonyl (C=O) groups is 2. The smallest absolute Gasteiger partial charge is 0.253 e. The van der Waals surface area contributed by atoms with Crippen LogP contribution in [-0.4, -0.2) is 40.9 Å². The van der Waals surface area contributed by atoms with Crippen LogP contribution in [0.25, 0.3) is 0 Å². The number of likely N-dealkylation sites (tertiary alicyclic amines) is 1. The fourth-order valence-electron chi connectivity index (χ4n) is 4.76. The molecule has 2 aliphatic rings. The number of rotatable bonds is 5. The Labute approximate surface area is 163 Å². The molecule has 2 amide bonds. The van der Waals surface area contributed by atoms with E-state index in [4.69, 9.17) is 0 Å². The first kappa shape index (κ1) is 20.0. The Kier molecular flexibility index (Phi) is 6.97. The Balaban J connectivity index is 1.54. The molecule has 5 heteroatoms. The first-order chi connectivity index (χ1) is 13.1. The minimum absolute atomic E-state index is 0.0474. The summed E-state index contributed by atoms with van der Waals surface area (Å²) in [7, 11) is 0. The Bertz CT molecular complexity index is 651. The minimum Gasteiger partial charge on any atom is -0.351 e. The molecular formula is C22H35N3O2. The summed E-state index contributed by atoms with van der Waals surface area (Å²) in [6.45, 7) is 6.31. The molecule has 0 aromatic carbocycles. The molecule has 0 atom stereocenters. The monoisotopic (exact) mass is 373 g/mol. The number of nitrogens with one attached hydrogen (secondary N) is 1. The predicted molar refractivity (Wildman–Crippen MR) is 108 cm³/mol. The fraction of sp³-hybridized carbons (Fsp3) is 0.727. The van der Waals surface area contributed by atoms with Gasteiger partial charge in [-0.05, 0) is 45.6 Å². The van der Waals surface area contributed by atoms with Crippen LogP contribution in [0.2, 0.25) is 0 Å². The van der Waals surface area contributed by atoms with Crippen molar-refractivity contribution in [1.82, 2.24) is 14.8 Å². The number of aryl methyl sites for hydroxylation is 1. The van der Waals surface area contributed by atoms with Crippen LogP contribution in [0.4, 0.5) is 0 Å². The number of hydrogen-bond donors (Lipinski definition) is 1. The fourth-order valence-corrected chi connectivity index (χ4v) is 4.76. The van der Waals surface area contributed by atoms with Gasteiger partial charge in [-0.3, -0.25) is 9.59 Å². The van der Waals surface area contributed by atoms with E-state index in [0.29, 0.717) is 19.0 Å². The van der Waals surface area contributed by atoms with Gasteiger partial charge in [0.2, 0.25) is 5.91 Å². The molecule has 1 N–H and O–H groups in total. The molecule has 2 heterocycles. The third-order valence-electron chi connectivity index (χ3n) is 6.25. The van der Waals surface area contributed by atoms with E-state index >= 15 is 0 Å². The Hall–Kier alpha value is -1.78. The predicted octanol–water partition coefficient (Wildman–Crippen LogP) is 4.13. The van der Waals surface area contributed by atoms with Crippen LogP contribution in [0.15, 0.2) is 6.07 Å². The molecule has 0 bridgehead atoms. The lowest BCUT2D eigenvalue weighted by atomic mass is 9.95. The first-order valence-corrected chi connectivity index (χ1v) is 10.8. The molecule has 150 valence electrons. The lowest BCUT2D eigenvalue weighted by molar-refractivity contribution is -0.131. The number of aromatic nitrogens is 1. The third-order valence-corrected chi connectivity index (χ3v) is 6.25. The second-order valence-electron chi connectivity index (χ2n) is 8.25. The van der Waals surface area contributed by atoms with E-state index in [1.807, 2.05) is 11.0 Å². The summed E-state index contributed by atoms with van der Waals surface area (Å²) in [4.78, 5) is 27.0. The molecule has 1 aromatic rings. The summed E-state index contributed by atoms with van der Waals surface area (Å²) in [6.07, 6.45) is 11.3. The molecule has 2 fully saturated rings. The van der Waals surface area contributed by atoms with Gasteiger partial charge >= 0.3 is 0 Å². The van der Waals surface area contributed by atoms with E-state index in [-0.39, 0.29) is 11.8 Å². The van der Waals surface area contributed by atoms with Gasteiger partial charge in [-0.1, -0.05) is 32.1 Å². The van der Waals surface area contributed by atoms with Crippen LogP contribution >= 0.6 is 0 Å². The summed E-state index contributed by atoms with van der Waals surface area (Å²) in [6, 6.07) is 2.54. The number of amides is 2. The normalized spacial score (nSPS) is 19.0. The van der Waals surface area contributed by atoms with Gasteiger partial charge in [-0.2, -0.15) is 0 Å². The lowest BCUT2D eigenvalue weighted by Gasteiger charge is -2.26. The van der Waals surface area contributed by atoms with Crippen LogP contribution in [0.1, 0.15) is 92.0 Å². The van der Waals surface area contributed by atoms with Gasteiger partial charge in [-0.15, -0.1) is 0 Å². The average Bonchev–Trinajstić information content (AvgIpc) is 2.84. The van der Waals surface area contributed by atoms with Crippen LogP contribution < -0.4 is 5.32 Å². The van der Waals surface area contributed by atoms with Crippen molar-refractivity contribution < 1.29 is 9.59 Å². The van der Waals surface area contributed by atoms with Gasteiger partial charge in [0.1, 0.15) is 0 Å². The SMILES string of the molecule is Cc1cc(C(=O)NCCC(=O)N2CCCCCC2)c(C)n1C1CCCCC1. The molecule has 1 aliphatic heterocycles. The molecule has 1 saturated heterocycles. The maximum atomic E-state index is 12.7. The molecule has 1 aromatic heterocycles. The van der Waals surface area contributed by atoms with E-state index in [1.54, 1.807) is 0 Å². The highest BCUT2D eigenvalue weighted by Gasteiger charge is 2.23. The van der Waals surface area contributed by atoms with Gasteiger partial charge < -0.3 is 14.8 Å². The molecule has 5 nitrogen and oxygen atoms in total. The largest absolute Gasteiger partial charge is 0.351 e. The van der Waals surface area contributed by atoms with Crippen molar-refractivity contribution in [1.29, 1.82) is 0 Å². The van der Waals surface area contributed by atoms with E-state index in [1.165, 1.54) is 50.6 Å². The van der Waals surface area contributed by atoms with Crippen molar-refractivity contribution in [2.75, 3.05) is 19.6 Å². The van der Waals surface area contributed by atoms with Crippen LogP contribution in [-0.2, 0) is 4.79 Å². The van der Waals surface area contributed by atoms with Crippen LogP contribution in [0.3, 0.4) is 0 Å². The summed E-state index contributed by atoms with van der Waals surface area (Å²) >= 11 is 0. The van der Waals surface area contributed by atoms with E-state index < -0.39 is 0 Å². The number of carbonyl (C=O) groups excluding carboxylic acids is 2. The average molecular weight is 374 g/mol. The molecule has 3 rings (SSSR count). The highest BCUT2D eigenvalue weighted by atomic mass is 16.2. The van der Waals surface area contributed by atoms with Crippen molar-refractivity contribution >= 4 is 11.8 Å². The summed E-state index contributed by atoms with van der Waals surface area (Å²) in [5, 5.41) is 2.97. The van der Waals surface area contributed by atoms with Crippen molar-refractivity contribution in [3.8, 4) is 0 Å². The van der Waals surface area contributed by atoms with Gasteiger partial charge in [-0.25, -0.2) is 0 Å². The first-order valence-electron chi connectivity index (χ1n) is 10.8. The second kappa shape index (κ2) is 9.43. The maximum Gasteiger partial charge on any atom is 0.253 e. The van der Waals surface area contributed by atoms with Crippen molar-refractivity contribution in [3.63, 3.8) is 0 Å². The van der Waals surface area contributed by atoms with Crippen LogP contribution in [0.5, 0.6) is 0 Å². The summed E-state index contributed by atoms with van der Waals surface area (Å²) in [5.41, 5.74) is 3.00.